The van der Waals surface area contributed by atoms with Gasteiger partial charge in [-0.2, -0.15) is 0 Å². The molecule has 0 amide bonds. The Balaban J connectivity index is 3.20. The Morgan fingerprint density at radius 3 is 2.54 bits per heavy atom. The van der Waals surface area contributed by atoms with Crippen LogP contribution in [0.15, 0.2) is 18.2 Å². The number of hydrogen-bond acceptors (Lipinski definition) is 2. The van der Waals surface area contributed by atoms with Gasteiger partial charge >= 0.3 is 5.97 Å². The Kier molecular flexibility index (Phi) is 2.63. The van der Waals surface area contributed by atoms with Crippen LogP contribution in [0, 0.1) is 6.92 Å². The topological polar surface area (TPSA) is 63.3 Å². The molecule has 4 heteroatoms. The number of benzene rings is 1. The molecule has 0 aromatic heterocycles. The molecule has 68 valence electrons. The highest BCUT2D eigenvalue weighted by Gasteiger charge is 2.07. The van der Waals surface area contributed by atoms with E-state index in [2.05, 4.69) is 0 Å². The van der Waals surface area contributed by atoms with E-state index in [0.29, 0.717) is 11.1 Å². The van der Waals surface area contributed by atoms with Gasteiger partial charge in [0.05, 0.1) is 5.56 Å². The number of hydrogen-bond donors (Lipinski definition) is 2. The maximum atomic E-state index is 10.6. The average molecular weight is 195 g/mol. The molecule has 0 radical (unpaired) electrons. The highest BCUT2D eigenvalue weighted by molar-refractivity contribution is 7.80. The lowest BCUT2D eigenvalue weighted by molar-refractivity contribution is 0.0696. The summed E-state index contributed by atoms with van der Waals surface area (Å²) in [5.41, 5.74) is 7.03. The van der Waals surface area contributed by atoms with Gasteiger partial charge in [0, 0.05) is 5.56 Å². The number of carbonyl (C=O) groups is 1. The Morgan fingerprint density at radius 1 is 1.54 bits per heavy atom. The summed E-state index contributed by atoms with van der Waals surface area (Å²) in [5, 5.41) is 8.73. The van der Waals surface area contributed by atoms with Crippen molar-refractivity contribution in [2.45, 2.75) is 6.92 Å². The van der Waals surface area contributed by atoms with Crippen molar-refractivity contribution in [1.29, 1.82) is 0 Å². The molecule has 0 bridgehead atoms. The van der Waals surface area contributed by atoms with Crippen LogP contribution in [0.3, 0.4) is 0 Å². The smallest absolute Gasteiger partial charge is 0.335 e. The van der Waals surface area contributed by atoms with Gasteiger partial charge in [-0.1, -0.05) is 18.3 Å². The third kappa shape index (κ3) is 2.03. The third-order valence-corrected chi connectivity index (χ3v) is 1.98. The number of aryl methyl sites for hydroxylation is 1. The molecule has 3 N–H and O–H groups in total. The van der Waals surface area contributed by atoms with E-state index >= 15 is 0 Å². The molecular formula is C9H9NO2S. The van der Waals surface area contributed by atoms with Crippen LogP contribution in [0.1, 0.15) is 21.5 Å². The summed E-state index contributed by atoms with van der Waals surface area (Å²) < 4.78 is 0. The van der Waals surface area contributed by atoms with Crippen molar-refractivity contribution in [2.75, 3.05) is 0 Å². The van der Waals surface area contributed by atoms with Gasteiger partial charge in [0.1, 0.15) is 4.99 Å². The molecule has 0 heterocycles. The normalized spacial score (nSPS) is 9.62. The Bertz CT molecular complexity index is 374. The molecule has 1 aromatic rings. The van der Waals surface area contributed by atoms with Gasteiger partial charge in [0.2, 0.25) is 0 Å². The van der Waals surface area contributed by atoms with E-state index in [1.165, 1.54) is 6.07 Å². The lowest BCUT2D eigenvalue weighted by atomic mass is 10.1. The minimum absolute atomic E-state index is 0.278. The summed E-state index contributed by atoms with van der Waals surface area (Å²) in [5.74, 6) is -0.938. The molecule has 0 spiro atoms. The number of thiocarbonyl (C=S) groups is 1. The predicted molar refractivity (Wildman–Crippen MR) is 54.0 cm³/mol. The highest BCUT2D eigenvalue weighted by Crippen LogP contribution is 2.10. The zero-order valence-electron chi connectivity index (χ0n) is 7.07. The summed E-state index contributed by atoms with van der Waals surface area (Å²) >= 11 is 4.76. The Hall–Kier alpha value is -1.42. The number of carboxylic acid groups (broad SMARTS) is 1. The highest BCUT2D eigenvalue weighted by atomic mass is 32.1. The van der Waals surface area contributed by atoms with E-state index in [1.807, 2.05) is 0 Å². The molecule has 3 nitrogen and oxygen atoms in total. The zero-order valence-corrected chi connectivity index (χ0v) is 7.89. The fourth-order valence-electron chi connectivity index (χ4n) is 1.06. The van der Waals surface area contributed by atoms with Crippen molar-refractivity contribution < 1.29 is 9.90 Å². The van der Waals surface area contributed by atoms with E-state index in [9.17, 15) is 4.79 Å². The minimum Gasteiger partial charge on any atom is -0.478 e. The predicted octanol–water partition coefficient (Wildman–Crippen LogP) is 1.33. The summed E-state index contributed by atoms with van der Waals surface area (Å²) in [4.78, 5) is 10.9. The van der Waals surface area contributed by atoms with Gasteiger partial charge in [-0.3, -0.25) is 0 Å². The first-order valence-electron chi connectivity index (χ1n) is 3.66. The Morgan fingerprint density at radius 2 is 2.15 bits per heavy atom. The zero-order chi connectivity index (χ0) is 10.0. The SMILES string of the molecule is Cc1cc(C(N)=S)ccc1C(=O)O. The number of rotatable bonds is 2. The summed E-state index contributed by atoms with van der Waals surface area (Å²) in [6.45, 7) is 1.71. The fourth-order valence-corrected chi connectivity index (χ4v) is 1.18. The van der Waals surface area contributed by atoms with Crippen LogP contribution in [-0.4, -0.2) is 16.1 Å². The van der Waals surface area contributed by atoms with Gasteiger partial charge in [-0.15, -0.1) is 0 Å². The average Bonchev–Trinajstić information content (AvgIpc) is 2.03. The minimum atomic E-state index is -0.938. The molecule has 1 aromatic carbocycles. The molecule has 13 heavy (non-hydrogen) atoms. The quantitative estimate of drug-likeness (QED) is 0.699. The van der Waals surface area contributed by atoms with Crippen LogP contribution in [0.4, 0.5) is 0 Å². The van der Waals surface area contributed by atoms with Gasteiger partial charge in [-0.05, 0) is 24.6 Å². The Labute approximate surface area is 81.2 Å². The molecule has 0 saturated heterocycles. The standard InChI is InChI=1S/C9H9NO2S/c1-5-4-6(8(10)13)2-3-7(5)9(11)12/h2-4H,1H3,(H2,10,13)(H,11,12). The number of nitrogens with two attached hydrogens (primary N) is 1. The molecule has 0 saturated carbocycles. The molecule has 0 fully saturated rings. The summed E-state index contributed by atoms with van der Waals surface area (Å²) in [6, 6.07) is 4.79. The van der Waals surface area contributed by atoms with E-state index < -0.39 is 5.97 Å². The third-order valence-electron chi connectivity index (χ3n) is 1.74. The monoisotopic (exact) mass is 195 g/mol. The molecule has 0 aliphatic carbocycles. The fraction of sp³-hybridized carbons (Fsp3) is 0.111. The van der Waals surface area contributed by atoms with Crippen molar-refractivity contribution in [3.05, 3.63) is 34.9 Å². The van der Waals surface area contributed by atoms with Crippen molar-refractivity contribution in [1.82, 2.24) is 0 Å². The van der Waals surface area contributed by atoms with Crippen LogP contribution in [0.25, 0.3) is 0 Å². The first-order chi connectivity index (χ1) is 6.02. The first-order valence-corrected chi connectivity index (χ1v) is 4.07. The van der Waals surface area contributed by atoms with E-state index in [-0.39, 0.29) is 10.6 Å². The van der Waals surface area contributed by atoms with Crippen LogP contribution in [0.5, 0.6) is 0 Å². The molecule has 1 rings (SSSR count). The molecule has 0 aliphatic rings. The van der Waals surface area contributed by atoms with Crippen molar-refractivity contribution >= 4 is 23.2 Å². The lowest BCUT2D eigenvalue weighted by Crippen LogP contribution is -2.10. The second-order valence-corrected chi connectivity index (χ2v) is 3.14. The molecule has 0 unspecified atom stereocenters. The van der Waals surface area contributed by atoms with Gasteiger partial charge < -0.3 is 10.8 Å². The largest absolute Gasteiger partial charge is 0.478 e. The van der Waals surface area contributed by atoms with Crippen molar-refractivity contribution in [3.8, 4) is 0 Å². The summed E-state index contributed by atoms with van der Waals surface area (Å²) in [6.07, 6.45) is 0. The second-order valence-electron chi connectivity index (χ2n) is 2.70. The van der Waals surface area contributed by atoms with Gasteiger partial charge in [0.15, 0.2) is 0 Å². The number of carboxylic acids is 1. The molecular weight excluding hydrogens is 186 g/mol. The second kappa shape index (κ2) is 3.53. The van der Waals surface area contributed by atoms with Crippen LogP contribution in [-0.2, 0) is 0 Å². The maximum absolute atomic E-state index is 10.6. The maximum Gasteiger partial charge on any atom is 0.335 e. The number of aromatic carboxylic acids is 1. The molecule has 0 aliphatic heterocycles. The lowest BCUT2D eigenvalue weighted by Gasteiger charge is -2.03. The van der Waals surface area contributed by atoms with Gasteiger partial charge in [-0.25, -0.2) is 4.79 Å². The van der Waals surface area contributed by atoms with Crippen molar-refractivity contribution in [3.63, 3.8) is 0 Å². The summed E-state index contributed by atoms with van der Waals surface area (Å²) in [7, 11) is 0. The van der Waals surface area contributed by atoms with E-state index in [4.69, 9.17) is 23.1 Å². The van der Waals surface area contributed by atoms with Crippen LogP contribution in [0.2, 0.25) is 0 Å². The van der Waals surface area contributed by atoms with E-state index in [0.717, 1.165) is 0 Å². The van der Waals surface area contributed by atoms with E-state index in [1.54, 1.807) is 19.1 Å². The van der Waals surface area contributed by atoms with Crippen LogP contribution >= 0.6 is 12.2 Å². The van der Waals surface area contributed by atoms with Crippen LogP contribution < -0.4 is 5.73 Å². The van der Waals surface area contributed by atoms with Crippen molar-refractivity contribution in [2.24, 2.45) is 5.73 Å². The molecule has 0 atom stereocenters. The van der Waals surface area contributed by atoms with Gasteiger partial charge in [0.25, 0.3) is 0 Å². The first kappa shape index (κ1) is 9.67.